The van der Waals surface area contributed by atoms with E-state index in [4.69, 9.17) is 4.42 Å². The summed E-state index contributed by atoms with van der Waals surface area (Å²) < 4.78 is 5.57. The molecule has 1 aliphatic heterocycles. The Labute approximate surface area is 179 Å². The highest BCUT2D eigenvalue weighted by atomic mass is 16.3. The first kappa shape index (κ1) is 21.9. The van der Waals surface area contributed by atoms with Crippen LogP contribution < -0.4 is 10.2 Å². The number of likely N-dealkylation sites (tertiary alicyclic amines) is 1. The van der Waals surface area contributed by atoms with E-state index >= 15 is 0 Å². The van der Waals surface area contributed by atoms with Gasteiger partial charge in [-0.2, -0.15) is 0 Å². The number of carbonyl (C=O) groups excluding carboxylic acids is 2. The van der Waals surface area contributed by atoms with Gasteiger partial charge in [0.25, 0.3) is 5.91 Å². The quantitative estimate of drug-likeness (QED) is 0.593. The van der Waals surface area contributed by atoms with Crippen LogP contribution in [-0.4, -0.2) is 36.3 Å². The van der Waals surface area contributed by atoms with E-state index < -0.39 is 0 Å². The molecule has 1 N–H and O–H groups in total. The van der Waals surface area contributed by atoms with Crippen LogP contribution in [0.5, 0.6) is 0 Å². The second kappa shape index (κ2) is 10.9. The number of nitrogens with zero attached hydrogens (tertiary/aromatic N) is 2. The standard InChI is InChI=1S/C24H33N3O3/c1-3-5-13-27(18-20-10-8-16-30-20)22-12-11-19(25-23(28)9-4-2)17-21(22)24(29)26-14-6-7-15-26/h8,10-12,16-17H,3-7,9,13-15,18H2,1-2H3,(H,25,28). The van der Waals surface area contributed by atoms with Crippen LogP contribution in [-0.2, 0) is 11.3 Å². The number of hydrogen-bond donors (Lipinski definition) is 1. The maximum atomic E-state index is 13.4. The molecule has 6 heteroatoms. The SMILES string of the molecule is CCCCN(Cc1ccco1)c1ccc(NC(=O)CCC)cc1C(=O)N1CCCC1. The Kier molecular flexibility index (Phi) is 7.94. The largest absolute Gasteiger partial charge is 0.467 e. The van der Waals surface area contributed by atoms with Crippen LogP contribution >= 0.6 is 0 Å². The van der Waals surface area contributed by atoms with E-state index in [1.165, 1.54) is 0 Å². The van der Waals surface area contributed by atoms with Gasteiger partial charge in [0.1, 0.15) is 5.76 Å². The smallest absolute Gasteiger partial charge is 0.256 e. The minimum Gasteiger partial charge on any atom is -0.467 e. The van der Waals surface area contributed by atoms with Crippen LogP contribution in [0.1, 0.15) is 68.5 Å². The van der Waals surface area contributed by atoms with Gasteiger partial charge in [-0.15, -0.1) is 0 Å². The lowest BCUT2D eigenvalue weighted by Gasteiger charge is -2.28. The zero-order valence-corrected chi connectivity index (χ0v) is 18.2. The maximum absolute atomic E-state index is 13.4. The third kappa shape index (κ3) is 5.65. The fourth-order valence-electron chi connectivity index (χ4n) is 3.83. The average Bonchev–Trinajstić information content (AvgIpc) is 3.45. The Morgan fingerprint density at radius 3 is 2.60 bits per heavy atom. The predicted octanol–water partition coefficient (Wildman–Crippen LogP) is 5.06. The van der Waals surface area contributed by atoms with Crippen molar-refractivity contribution in [2.75, 3.05) is 29.9 Å². The fourth-order valence-corrected chi connectivity index (χ4v) is 3.83. The van der Waals surface area contributed by atoms with Crippen LogP contribution in [0.25, 0.3) is 0 Å². The van der Waals surface area contributed by atoms with Gasteiger partial charge in [0, 0.05) is 31.7 Å². The van der Waals surface area contributed by atoms with E-state index in [2.05, 4.69) is 17.1 Å². The van der Waals surface area contributed by atoms with Gasteiger partial charge >= 0.3 is 0 Å². The third-order valence-corrected chi connectivity index (χ3v) is 5.43. The third-order valence-electron chi connectivity index (χ3n) is 5.43. The number of hydrogen-bond acceptors (Lipinski definition) is 4. The van der Waals surface area contributed by atoms with Crippen molar-refractivity contribution in [3.05, 3.63) is 47.9 Å². The number of amides is 2. The Bertz CT molecular complexity index is 826. The number of rotatable bonds is 10. The van der Waals surface area contributed by atoms with Crippen molar-refractivity contribution in [1.29, 1.82) is 0 Å². The second-order valence-corrected chi connectivity index (χ2v) is 7.88. The summed E-state index contributed by atoms with van der Waals surface area (Å²) in [5.41, 5.74) is 2.22. The summed E-state index contributed by atoms with van der Waals surface area (Å²) in [6.45, 7) is 7.16. The van der Waals surface area contributed by atoms with Gasteiger partial charge in [-0.1, -0.05) is 20.3 Å². The molecule has 1 aliphatic rings. The molecule has 162 valence electrons. The minimum atomic E-state index is -0.0248. The molecule has 1 aromatic carbocycles. The van der Waals surface area contributed by atoms with E-state index in [-0.39, 0.29) is 11.8 Å². The number of carbonyl (C=O) groups is 2. The molecular weight excluding hydrogens is 378 g/mol. The molecule has 0 atom stereocenters. The van der Waals surface area contributed by atoms with Crippen molar-refractivity contribution >= 4 is 23.2 Å². The molecule has 1 fully saturated rings. The van der Waals surface area contributed by atoms with Crippen molar-refractivity contribution in [3.63, 3.8) is 0 Å². The molecular formula is C24H33N3O3. The van der Waals surface area contributed by atoms with E-state index in [0.717, 1.165) is 63.2 Å². The van der Waals surface area contributed by atoms with Gasteiger partial charge in [-0.25, -0.2) is 0 Å². The number of anilines is 2. The first-order valence-electron chi connectivity index (χ1n) is 11.1. The van der Waals surface area contributed by atoms with Crippen molar-refractivity contribution in [2.45, 2.75) is 58.9 Å². The minimum absolute atomic E-state index is 0.0248. The second-order valence-electron chi connectivity index (χ2n) is 7.88. The molecule has 2 heterocycles. The van der Waals surface area contributed by atoms with Gasteiger partial charge in [-0.3, -0.25) is 9.59 Å². The van der Waals surface area contributed by atoms with Crippen molar-refractivity contribution in [1.82, 2.24) is 4.90 Å². The van der Waals surface area contributed by atoms with Gasteiger partial charge in [0.2, 0.25) is 5.91 Å². The number of benzene rings is 1. The summed E-state index contributed by atoms with van der Waals surface area (Å²) >= 11 is 0. The molecule has 1 saturated heterocycles. The van der Waals surface area contributed by atoms with E-state index in [9.17, 15) is 9.59 Å². The normalized spacial score (nSPS) is 13.5. The lowest BCUT2D eigenvalue weighted by atomic mass is 10.1. The summed E-state index contributed by atoms with van der Waals surface area (Å²) in [6, 6.07) is 9.54. The topological polar surface area (TPSA) is 65.8 Å². The summed E-state index contributed by atoms with van der Waals surface area (Å²) in [5.74, 6) is 0.879. The Balaban J connectivity index is 1.94. The summed E-state index contributed by atoms with van der Waals surface area (Å²) in [4.78, 5) is 29.6. The van der Waals surface area contributed by atoms with Crippen LogP contribution in [0, 0.1) is 0 Å². The molecule has 2 amide bonds. The van der Waals surface area contributed by atoms with Gasteiger partial charge < -0.3 is 19.5 Å². The zero-order valence-electron chi connectivity index (χ0n) is 18.2. The average molecular weight is 412 g/mol. The fraction of sp³-hybridized carbons (Fsp3) is 0.500. The first-order chi connectivity index (χ1) is 14.6. The maximum Gasteiger partial charge on any atom is 0.256 e. The zero-order chi connectivity index (χ0) is 21.3. The Hall–Kier alpha value is -2.76. The van der Waals surface area contributed by atoms with E-state index in [1.807, 2.05) is 42.2 Å². The lowest BCUT2D eigenvalue weighted by molar-refractivity contribution is -0.116. The molecule has 0 bridgehead atoms. The van der Waals surface area contributed by atoms with Crippen LogP contribution in [0.3, 0.4) is 0 Å². The molecule has 0 aliphatic carbocycles. The number of unbranched alkanes of at least 4 members (excludes halogenated alkanes) is 1. The van der Waals surface area contributed by atoms with Gasteiger partial charge in [0.15, 0.2) is 0 Å². The summed E-state index contributed by atoms with van der Waals surface area (Å²) in [5, 5.41) is 2.94. The van der Waals surface area contributed by atoms with Crippen molar-refractivity contribution < 1.29 is 14.0 Å². The molecule has 6 nitrogen and oxygen atoms in total. The first-order valence-corrected chi connectivity index (χ1v) is 11.1. The highest BCUT2D eigenvalue weighted by molar-refractivity contribution is 6.02. The molecule has 2 aromatic rings. The highest BCUT2D eigenvalue weighted by Gasteiger charge is 2.25. The molecule has 0 radical (unpaired) electrons. The number of nitrogens with one attached hydrogen (secondary N) is 1. The monoisotopic (exact) mass is 411 g/mol. The van der Waals surface area contributed by atoms with E-state index in [1.54, 1.807) is 6.26 Å². The van der Waals surface area contributed by atoms with Gasteiger partial charge in [0.05, 0.1) is 24.1 Å². The molecule has 30 heavy (non-hydrogen) atoms. The van der Waals surface area contributed by atoms with Crippen molar-refractivity contribution in [2.24, 2.45) is 0 Å². The van der Waals surface area contributed by atoms with Crippen molar-refractivity contribution in [3.8, 4) is 0 Å². The van der Waals surface area contributed by atoms with Crippen LogP contribution in [0.2, 0.25) is 0 Å². The highest BCUT2D eigenvalue weighted by Crippen LogP contribution is 2.29. The molecule has 0 saturated carbocycles. The molecule has 0 unspecified atom stereocenters. The van der Waals surface area contributed by atoms with Crippen LogP contribution in [0.4, 0.5) is 11.4 Å². The summed E-state index contributed by atoms with van der Waals surface area (Å²) in [6.07, 6.45) is 7.10. The van der Waals surface area contributed by atoms with E-state index in [0.29, 0.717) is 24.2 Å². The molecule has 3 rings (SSSR count). The molecule has 0 spiro atoms. The Morgan fingerprint density at radius 2 is 1.93 bits per heavy atom. The predicted molar refractivity (Wildman–Crippen MR) is 120 cm³/mol. The lowest BCUT2D eigenvalue weighted by Crippen LogP contribution is -2.31. The van der Waals surface area contributed by atoms with Gasteiger partial charge in [-0.05, 0) is 56.0 Å². The number of furan rings is 1. The van der Waals surface area contributed by atoms with Crippen LogP contribution in [0.15, 0.2) is 41.0 Å². The summed E-state index contributed by atoms with van der Waals surface area (Å²) in [7, 11) is 0. The molecule has 1 aromatic heterocycles. The Morgan fingerprint density at radius 1 is 1.13 bits per heavy atom.